The van der Waals surface area contributed by atoms with Gasteiger partial charge in [-0.1, -0.05) is 45.8 Å². The van der Waals surface area contributed by atoms with Gasteiger partial charge >= 0.3 is 0 Å². The summed E-state index contributed by atoms with van der Waals surface area (Å²) in [6.07, 6.45) is 7.39. The van der Waals surface area contributed by atoms with Gasteiger partial charge in [-0.05, 0) is 63.3 Å². The largest absolute Gasteiger partial charge is 0.494 e. The van der Waals surface area contributed by atoms with Crippen molar-refractivity contribution in [3.8, 4) is 5.75 Å². The number of carbonyl (C=O) groups excluding carboxylic acids is 3. The summed E-state index contributed by atoms with van der Waals surface area (Å²) in [6.45, 7) is 19.0. The molecular weight excluding hydrogens is 574 g/mol. The number of nitrogens with zero attached hydrogens (tertiary/aromatic N) is 3. The molecule has 3 aliphatic rings. The molecule has 242 valence electrons. The van der Waals surface area contributed by atoms with Crippen molar-refractivity contribution in [1.29, 1.82) is 0 Å². The number of thioether (sulfide) groups is 1. The Kier molecular flexibility index (Phi) is 11.3. The van der Waals surface area contributed by atoms with Crippen LogP contribution in [0.15, 0.2) is 49.6 Å². The third-order valence-corrected chi connectivity index (χ3v) is 11.9. The molecule has 3 aliphatic heterocycles. The zero-order valence-corrected chi connectivity index (χ0v) is 27.9. The molecule has 9 heteroatoms. The molecule has 3 saturated heterocycles. The molecule has 0 radical (unpaired) electrons. The molecule has 3 fully saturated rings. The van der Waals surface area contributed by atoms with Gasteiger partial charge in [-0.3, -0.25) is 14.4 Å². The van der Waals surface area contributed by atoms with Crippen LogP contribution in [0.5, 0.6) is 5.75 Å². The zero-order chi connectivity index (χ0) is 32.2. The number of ether oxygens (including phenoxy) is 1. The summed E-state index contributed by atoms with van der Waals surface area (Å²) in [4.78, 5) is 49.3. The summed E-state index contributed by atoms with van der Waals surface area (Å²) in [5, 5.41) is 10.6. The Labute approximate surface area is 267 Å². The molecule has 0 aromatic heterocycles. The van der Waals surface area contributed by atoms with Gasteiger partial charge in [0.1, 0.15) is 11.8 Å². The van der Waals surface area contributed by atoms with Crippen LogP contribution < -0.4 is 9.64 Å². The maximum Gasteiger partial charge on any atom is 0.247 e. The summed E-state index contributed by atoms with van der Waals surface area (Å²) >= 11 is 1.67. The molecule has 3 unspecified atom stereocenters. The lowest BCUT2D eigenvalue weighted by atomic mass is 9.70. The Morgan fingerprint density at radius 1 is 1.14 bits per heavy atom. The first kappa shape index (κ1) is 34.1. The second kappa shape index (κ2) is 14.5. The lowest BCUT2D eigenvalue weighted by Crippen LogP contribution is -2.59. The number of hydrogen-bond donors (Lipinski definition) is 1. The topological polar surface area (TPSA) is 90.4 Å². The van der Waals surface area contributed by atoms with E-state index in [4.69, 9.17) is 4.74 Å². The van der Waals surface area contributed by atoms with E-state index in [2.05, 4.69) is 27.0 Å². The van der Waals surface area contributed by atoms with Crippen LogP contribution in [-0.2, 0) is 14.4 Å². The second-order valence-corrected chi connectivity index (χ2v) is 14.1. The molecule has 8 nitrogen and oxygen atoms in total. The predicted molar refractivity (Wildman–Crippen MR) is 178 cm³/mol. The molecule has 3 heterocycles. The van der Waals surface area contributed by atoms with Crippen LogP contribution in [0.25, 0.3) is 0 Å². The van der Waals surface area contributed by atoms with E-state index in [1.165, 1.54) is 0 Å². The molecule has 4 rings (SSSR count). The Morgan fingerprint density at radius 3 is 2.39 bits per heavy atom. The van der Waals surface area contributed by atoms with Gasteiger partial charge in [0, 0.05) is 30.1 Å². The van der Waals surface area contributed by atoms with E-state index in [0.29, 0.717) is 31.8 Å². The van der Waals surface area contributed by atoms with Crippen LogP contribution in [-0.4, -0.2) is 87.1 Å². The monoisotopic (exact) mass is 625 g/mol. The van der Waals surface area contributed by atoms with Gasteiger partial charge in [-0.2, -0.15) is 0 Å². The third-order valence-electron chi connectivity index (χ3n) is 9.99. The molecule has 0 aliphatic carbocycles. The van der Waals surface area contributed by atoms with Crippen molar-refractivity contribution in [2.24, 2.45) is 17.8 Å². The molecule has 8 atom stereocenters. The minimum Gasteiger partial charge on any atom is -0.494 e. The van der Waals surface area contributed by atoms with Crippen LogP contribution in [0, 0.1) is 17.8 Å². The van der Waals surface area contributed by atoms with Gasteiger partial charge in [-0.15, -0.1) is 24.9 Å². The summed E-state index contributed by atoms with van der Waals surface area (Å²) < 4.78 is 4.88. The molecule has 1 spiro atoms. The molecule has 3 amide bonds. The van der Waals surface area contributed by atoms with Gasteiger partial charge in [0.05, 0.1) is 35.8 Å². The highest BCUT2D eigenvalue weighted by Crippen LogP contribution is 2.67. The van der Waals surface area contributed by atoms with Gasteiger partial charge in [-0.25, -0.2) is 0 Å². The molecule has 0 saturated carbocycles. The SMILES string of the molecule is C=CCN(C(=O)[C@@H]1[C@@H]2CCC3(S2)C(C(=O)N(CC=C)C(C)CCC)N([C@@H](CO)[C@@H](C)CC)C(=O)[C@H]13)c1ccc(OCC)cc1. The van der Waals surface area contributed by atoms with Crippen LogP contribution in [0.2, 0.25) is 0 Å². The number of anilines is 1. The van der Waals surface area contributed by atoms with Crippen molar-refractivity contribution < 1.29 is 24.2 Å². The van der Waals surface area contributed by atoms with Gasteiger partial charge in [0.2, 0.25) is 17.7 Å². The fraction of sp³-hybridized carbons (Fsp3) is 0.629. The second-order valence-electron chi connectivity index (χ2n) is 12.5. The van der Waals surface area contributed by atoms with Gasteiger partial charge < -0.3 is 24.5 Å². The maximum atomic E-state index is 14.8. The highest BCUT2D eigenvalue weighted by Gasteiger charge is 2.75. The van der Waals surface area contributed by atoms with E-state index in [-0.39, 0.29) is 41.5 Å². The number of rotatable bonds is 16. The van der Waals surface area contributed by atoms with Crippen molar-refractivity contribution in [2.45, 2.75) is 94.8 Å². The minimum atomic E-state index is -0.753. The fourth-order valence-electron chi connectivity index (χ4n) is 7.70. The first-order valence-electron chi connectivity index (χ1n) is 16.3. The van der Waals surface area contributed by atoms with Crippen molar-refractivity contribution in [3.05, 3.63) is 49.6 Å². The van der Waals surface area contributed by atoms with E-state index in [1.807, 2.05) is 49.9 Å². The lowest BCUT2D eigenvalue weighted by Gasteiger charge is -2.42. The molecule has 1 N–H and O–H groups in total. The maximum absolute atomic E-state index is 14.8. The van der Waals surface area contributed by atoms with E-state index in [0.717, 1.165) is 31.4 Å². The normalized spacial score (nSPS) is 27.4. The zero-order valence-electron chi connectivity index (χ0n) is 27.1. The number of fused-ring (bicyclic) bond motifs is 1. The minimum absolute atomic E-state index is 0.0205. The number of amides is 3. The van der Waals surface area contributed by atoms with Crippen LogP contribution >= 0.6 is 11.8 Å². The summed E-state index contributed by atoms with van der Waals surface area (Å²) in [6, 6.07) is 6.13. The first-order chi connectivity index (χ1) is 21.1. The number of likely N-dealkylation sites (tertiary alicyclic amines) is 1. The standard InChI is InChI=1S/C35H51N3O5S/c1-8-13-24(7)36(20-9-2)34(42)31-35-19-18-28(44-35)29(30(35)33(41)38(31)27(22-39)23(6)11-4)32(40)37(21-10-3)25-14-16-26(17-15-25)43-12-5/h9-10,14-17,23-24,27-31,39H,2-3,8,11-13,18-22H2,1,4-7H3/t23-,24?,27-,28-,29+,30-,31?,35?/m0/s1. The summed E-state index contributed by atoms with van der Waals surface area (Å²) in [7, 11) is 0. The average Bonchev–Trinajstić information content (AvgIpc) is 3.66. The fourth-order valence-corrected chi connectivity index (χ4v) is 9.89. The van der Waals surface area contributed by atoms with Crippen molar-refractivity contribution in [2.75, 3.05) is 31.2 Å². The molecule has 1 aromatic carbocycles. The molecule has 2 bridgehead atoms. The van der Waals surface area contributed by atoms with Gasteiger partial charge in [0.15, 0.2) is 0 Å². The first-order valence-corrected chi connectivity index (χ1v) is 17.2. The van der Waals surface area contributed by atoms with Crippen molar-refractivity contribution in [1.82, 2.24) is 9.80 Å². The average molecular weight is 626 g/mol. The van der Waals surface area contributed by atoms with Crippen LogP contribution in [0.1, 0.15) is 66.7 Å². The van der Waals surface area contributed by atoms with Crippen LogP contribution in [0.4, 0.5) is 5.69 Å². The van der Waals surface area contributed by atoms with Crippen LogP contribution in [0.3, 0.4) is 0 Å². The Hall–Kier alpha value is -2.78. The Balaban J connectivity index is 1.79. The highest BCUT2D eigenvalue weighted by atomic mass is 32.2. The van der Waals surface area contributed by atoms with E-state index >= 15 is 0 Å². The lowest BCUT2D eigenvalue weighted by molar-refractivity contribution is -0.147. The number of aliphatic hydroxyl groups is 1. The predicted octanol–water partition coefficient (Wildman–Crippen LogP) is 5.31. The molecular formula is C35H51N3O5S. The van der Waals surface area contributed by atoms with E-state index in [1.54, 1.807) is 33.7 Å². The van der Waals surface area contributed by atoms with E-state index < -0.39 is 28.7 Å². The number of aliphatic hydroxyl groups excluding tert-OH is 1. The number of hydrogen-bond acceptors (Lipinski definition) is 6. The van der Waals surface area contributed by atoms with Crippen molar-refractivity contribution in [3.63, 3.8) is 0 Å². The smallest absolute Gasteiger partial charge is 0.247 e. The highest BCUT2D eigenvalue weighted by molar-refractivity contribution is 8.02. The van der Waals surface area contributed by atoms with Gasteiger partial charge in [0.25, 0.3) is 0 Å². The summed E-state index contributed by atoms with van der Waals surface area (Å²) in [5.41, 5.74) is 0.716. The Morgan fingerprint density at radius 2 is 1.82 bits per heavy atom. The molecule has 1 aromatic rings. The quantitative estimate of drug-likeness (QED) is 0.251. The summed E-state index contributed by atoms with van der Waals surface area (Å²) in [5.74, 6) is -0.917. The van der Waals surface area contributed by atoms with E-state index in [9.17, 15) is 19.5 Å². The number of benzene rings is 1. The third kappa shape index (κ3) is 5.94. The Bertz CT molecular complexity index is 1210. The van der Waals surface area contributed by atoms with Crippen molar-refractivity contribution >= 4 is 35.2 Å². The number of carbonyl (C=O) groups is 3. The molecule has 44 heavy (non-hydrogen) atoms.